The summed E-state index contributed by atoms with van der Waals surface area (Å²) in [7, 11) is 0. The van der Waals surface area contributed by atoms with Crippen molar-refractivity contribution in [2.24, 2.45) is 0 Å². The molecular formula is C17H22ClN3O3. The van der Waals surface area contributed by atoms with Crippen molar-refractivity contribution in [3.05, 3.63) is 29.0 Å². The lowest BCUT2D eigenvalue weighted by molar-refractivity contribution is 0.0543. The Morgan fingerprint density at radius 2 is 1.92 bits per heavy atom. The Morgan fingerprint density at radius 3 is 2.46 bits per heavy atom. The van der Waals surface area contributed by atoms with Crippen molar-refractivity contribution in [1.82, 2.24) is 14.5 Å². The van der Waals surface area contributed by atoms with Crippen molar-refractivity contribution in [1.29, 1.82) is 0 Å². The first-order valence-electron chi connectivity index (χ1n) is 7.87. The molecule has 0 unspecified atom stereocenters. The molecule has 2 aromatic rings. The van der Waals surface area contributed by atoms with E-state index in [2.05, 4.69) is 4.98 Å². The van der Waals surface area contributed by atoms with Crippen molar-refractivity contribution >= 4 is 34.6 Å². The highest BCUT2D eigenvalue weighted by molar-refractivity contribution is 6.36. The summed E-state index contributed by atoms with van der Waals surface area (Å²) in [6.07, 6.45) is 2.36. The molecule has 0 spiro atoms. The number of carbonyl (C=O) groups excluding carboxylic acids is 2. The first kappa shape index (κ1) is 18.3. The van der Waals surface area contributed by atoms with Crippen LogP contribution in [0.3, 0.4) is 0 Å². The topological polar surface area (TPSA) is 64.4 Å². The number of fused-ring (bicyclic) bond motifs is 1. The van der Waals surface area contributed by atoms with Crippen LogP contribution >= 0.6 is 11.6 Å². The largest absolute Gasteiger partial charge is 0.443 e. The summed E-state index contributed by atoms with van der Waals surface area (Å²) in [6.45, 7) is 10.2. The van der Waals surface area contributed by atoms with Crippen LogP contribution in [0.1, 0.15) is 45.0 Å². The molecule has 2 heterocycles. The van der Waals surface area contributed by atoms with Crippen LogP contribution in [0.5, 0.6) is 0 Å². The smallest absolute Gasteiger partial charge is 0.420 e. The fraction of sp³-hybridized carbons (Fsp3) is 0.471. The fourth-order valence-electron chi connectivity index (χ4n) is 2.41. The number of aromatic nitrogens is 2. The lowest BCUT2D eigenvalue weighted by atomic mass is 10.2. The molecule has 0 bridgehead atoms. The van der Waals surface area contributed by atoms with Gasteiger partial charge in [-0.25, -0.2) is 14.3 Å². The first-order valence-corrected chi connectivity index (χ1v) is 8.25. The van der Waals surface area contributed by atoms with E-state index in [1.807, 2.05) is 13.8 Å². The van der Waals surface area contributed by atoms with Gasteiger partial charge in [0.15, 0.2) is 5.65 Å². The van der Waals surface area contributed by atoms with Crippen LogP contribution in [0.25, 0.3) is 11.0 Å². The van der Waals surface area contributed by atoms with E-state index in [9.17, 15) is 9.59 Å². The number of hydrogen-bond acceptors (Lipinski definition) is 4. The van der Waals surface area contributed by atoms with Crippen LogP contribution in [0.4, 0.5) is 4.79 Å². The van der Waals surface area contributed by atoms with Gasteiger partial charge in [-0.3, -0.25) is 4.79 Å². The third-order valence-corrected chi connectivity index (χ3v) is 3.82. The number of amides is 1. The van der Waals surface area contributed by atoms with Crippen LogP contribution in [-0.2, 0) is 4.74 Å². The van der Waals surface area contributed by atoms with Crippen molar-refractivity contribution in [2.75, 3.05) is 13.1 Å². The summed E-state index contributed by atoms with van der Waals surface area (Å²) < 4.78 is 6.63. The SMILES string of the molecule is CCN(CC)C(=O)c1cn(C(=O)OC(C)(C)C)c2nccc(Cl)c12. The fourth-order valence-corrected chi connectivity index (χ4v) is 2.65. The molecule has 7 heteroatoms. The molecule has 0 aliphatic rings. The van der Waals surface area contributed by atoms with Gasteiger partial charge >= 0.3 is 6.09 Å². The van der Waals surface area contributed by atoms with E-state index >= 15 is 0 Å². The molecule has 0 atom stereocenters. The number of rotatable bonds is 3. The average molecular weight is 352 g/mol. The Labute approximate surface area is 146 Å². The molecule has 130 valence electrons. The van der Waals surface area contributed by atoms with E-state index < -0.39 is 11.7 Å². The molecule has 2 aromatic heterocycles. The van der Waals surface area contributed by atoms with Crippen LogP contribution in [0.2, 0.25) is 5.02 Å². The van der Waals surface area contributed by atoms with Gasteiger partial charge in [0.2, 0.25) is 0 Å². The van der Waals surface area contributed by atoms with Crippen LogP contribution < -0.4 is 0 Å². The maximum Gasteiger partial charge on any atom is 0.420 e. The second kappa shape index (κ2) is 6.81. The van der Waals surface area contributed by atoms with Crippen LogP contribution in [0.15, 0.2) is 18.5 Å². The number of pyridine rings is 1. The van der Waals surface area contributed by atoms with E-state index in [0.29, 0.717) is 34.7 Å². The number of nitrogens with zero attached hydrogens (tertiary/aromatic N) is 3. The average Bonchev–Trinajstić information content (AvgIpc) is 2.87. The van der Waals surface area contributed by atoms with E-state index in [4.69, 9.17) is 16.3 Å². The predicted molar refractivity (Wildman–Crippen MR) is 93.6 cm³/mol. The minimum Gasteiger partial charge on any atom is -0.443 e. The molecule has 24 heavy (non-hydrogen) atoms. The minimum atomic E-state index is -0.657. The summed E-state index contributed by atoms with van der Waals surface area (Å²) >= 11 is 6.27. The van der Waals surface area contributed by atoms with Gasteiger partial charge in [0.1, 0.15) is 5.60 Å². The highest BCUT2D eigenvalue weighted by atomic mass is 35.5. The van der Waals surface area contributed by atoms with Gasteiger partial charge in [0.25, 0.3) is 5.91 Å². The second-order valence-electron chi connectivity index (χ2n) is 6.36. The Morgan fingerprint density at radius 1 is 1.29 bits per heavy atom. The predicted octanol–water partition coefficient (Wildman–Crippen LogP) is 3.95. The lowest BCUT2D eigenvalue weighted by Gasteiger charge is -2.19. The Balaban J connectivity index is 2.62. The zero-order valence-electron chi connectivity index (χ0n) is 14.6. The van der Waals surface area contributed by atoms with Gasteiger partial charge in [-0.15, -0.1) is 0 Å². The van der Waals surface area contributed by atoms with Gasteiger partial charge < -0.3 is 9.64 Å². The monoisotopic (exact) mass is 351 g/mol. The zero-order chi connectivity index (χ0) is 18.1. The van der Waals surface area contributed by atoms with Gasteiger partial charge in [0.05, 0.1) is 16.0 Å². The number of hydrogen-bond donors (Lipinski definition) is 0. The van der Waals surface area contributed by atoms with Crippen molar-refractivity contribution in [2.45, 2.75) is 40.2 Å². The lowest BCUT2D eigenvalue weighted by Crippen LogP contribution is -2.30. The van der Waals surface area contributed by atoms with Gasteiger partial charge in [0, 0.05) is 25.5 Å². The van der Waals surface area contributed by atoms with Crippen molar-refractivity contribution in [3.8, 4) is 0 Å². The normalized spacial score (nSPS) is 11.6. The molecule has 1 amide bonds. The van der Waals surface area contributed by atoms with E-state index in [1.165, 1.54) is 17.0 Å². The molecule has 6 nitrogen and oxygen atoms in total. The maximum absolute atomic E-state index is 12.8. The quantitative estimate of drug-likeness (QED) is 0.839. The first-order chi connectivity index (χ1) is 11.2. The third kappa shape index (κ3) is 3.53. The summed E-state index contributed by atoms with van der Waals surface area (Å²) in [5.41, 5.74) is -0.000115. The molecule has 0 fully saturated rings. The van der Waals surface area contributed by atoms with Gasteiger partial charge in [-0.05, 0) is 40.7 Å². The maximum atomic E-state index is 12.8. The molecule has 0 saturated carbocycles. The molecule has 0 aromatic carbocycles. The standard InChI is InChI=1S/C17H22ClN3O3/c1-6-20(7-2)15(22)11-10-21(16(23)24-17(3,4)5)14-13(11)12(18)8-9-19-14/h8-10H,6-7H2,1-5H3. The Bertz CT molecular complexity index is 773. The summed E-state index contributed by atoms with van der Waals surface area (Å²) in [5, 5.41) is 0.833. The zero-order valence-corrected chi connectivity index (χ0v) is 15.3. The van der Waals surface area contributed by atoms with Crippen molar-refractivity contribution < 1.29 is 14.3 Å². The van der Waals surface area contributed by atoms with Gasteiger partial charge in [-0.2, -0.15) is 0 Å². The molecule has 0 aliphatic carbocycles. The summed E-state index contributed by atoms with van der Waals surface area (Å²) in [5.74, 6) is -0.192. The molecule has 0 radical (unpaired) electrons. The number of halogens is 1. The second-order valence-corrected chi connectivity index (χ2v) is 6.77. The third-order valence-electron chi connectivity index (χ3n) is 3.51. The molecule has 0 aliphatic heterocycles. The molecule has 0 saturated heterocycles. The Hall–Kier alpha value is -2.08. The van der Waals surface area contributed by atoms with Crippen molar-refractivity contribution in [3.63, 3.8) is 0 Å². The molecule has 2 rings (SSSR count). The minimum absolute atomic E-state index is 0.192. The highest BCUT2D eigenvalue weighted by Gasteiger charge is 2.26. The van der Waals surface area contributed by atoms with E-state index in [-0.39, 0.29) is 5.91 Å². The molecule has 0 N–H and O–H groups in total. The number of carbonyl (C=O) groups is 2. The summed E-state index contributed by atoms with van der Waals surface area (Å²) in [4.78, 5) is 31.1. The molecular weight excluding hydrogens is 330 g/mol. The van der Waals surface area contributed by atoms with Crippen LogP contribution in [-0.4, -0.2) is 45.1 Å². The Kier molecular flexibility index (Phi) is 5.18. The van der Waals surface area contributed by atoms with Crippen LogP contribution in [0, 0.1) is 0 Å². The number of ether oxygens (including phenoxy) is 1. The summed E-state index contributed by atoms with van der Waals surface area (Å²) in [6, 6.07) is 1.60. The highest BCUT2D eigenvalue weighted by Crippen LogP contribution is 2.29. The van der Waals surface area contributed by atoms with E-state index in [1.54, 1.807) is 31.7 Å². The van der Waals surface area contributed by atoms with Gasteiger partial charge in [-0.1, -0.05) is 11.6 Å². The van der Waals surface area contributed by atoms with E-state index in [0.717, 1.165) is 0 Å².